The van der Waals surface area contributed by atoms with Gasteiger partial charge in [-0.1, -0.05) is 5.92 Å². The molecule has 0 aliphatic rings. The van der Waals surface area contributed by atoms with E-state index in [4.69, 9.17) is 6.42 Å². The van der Waals surface area contributed by atoms with Crippen LogP contribution in [0.15, 0.2) is 0 Å². The van der Waals surface area contributed by atoms with Gasteiger partial charge in [0.05, 0.1) is 0 Å². The Kier molecular flexibility index (Phi) is 13.1. The van der Waals surface area contributed by atoms with Crippen molar-refractivity contribution in [1.82, 2.24) is 5.48 Å². The van der Waals surface area contributed by atoms with Gasteiger partial charge in [0.25, 0.3) is 0 Å². The third-order valence-electron chi connectivity index (χ3n) is 0.300. The number of hydrogen-bond acceptors (Lipinski definition) is 2. The van der Waals surface area contributed by atoms with Gasteiger partial charge in [0.15, 0.2) is 0 Å². The highest BCUT2D eigenvalue weighted by molar-refractivity contribution is 5.85. The van der Waals surface area contributed by atoms with Crippen LogP contribution in [0.2, 0.25) is 0 Å². The van der Waals surface area contributed by atoms with Gasteiger partial charge in [-0.05, 0) is 0 Å². The zero-order valence-electron chi connectivity index (χ0n) is 4.10. The molecule has 0 bridgehead atoms. The van der Waals surface area contributed by atoms with Crippen molar-refractivity contribution < 1.29 is 4.84 Å². The average molecular weight is 122 g/mol. The molecule has 7 heavy (non-hydrogen) atoms. The number of hydrogen-bond donors (Lipinski definition) is 1. The molecule has 3 heteroatoms. The Morgan fingerprint density at radius 1 is 1.86 bits per heavy atom. The predicted molar refractivity (Wildman–Crippen MR) is 31.1 cm³/mol. The van der Waals surface area contributed by atoms with Crippen molar-refractivity contribution >= 4 is 12.4 Å². The minimum atomic E-state index is 0. The van der Waals surface area contributed by atoms with Crippen LogP contribution in [0.1, 0.15) is 0 Å². The summed E-state index contributed by atoms with van der Waals surface area (Å²) < 4.78 is 0. The minimum absolute atomic E-state index is 0. The zero-order chi connectivity index (χ0) is 4.83. The lowest BCUT2D eigenvalue weighted by atomic mass is 10.8. The molecule has 0 spiro atoms. The van der Waals surface area contributed by atoms with Gasteiger partial charge in [-0.2, -0.15) is 0 Å². The van der Waals surface area contributed by atoms with Crippen LogP contribution in [0.4, 0.5) is 0 Å². The highest BCUT2D eigenvalue weighted by Gasteiger charge is 1.66. The van der Waals surface area contributed by atoms with Crippen LogP contribution in [-0.2, 0) is 4.84 Å². The Balaban J connectivity index is 0. The van der Waals surface area contributed by atoms with Crippen molar-refractivity contribution in [3.63, 3.8) is 0 Å². The maximum Gasteiger partial charge on any atom is 0.128 e. The standard InChI is InChI=1S/C4H7NO.ClH/c1-3-4-6-5-2;/h1,5H,4H2,2H3;1H. The third-order valence-corrected chi connectivity index (χ3v) is 0.300. The summed E-state index contributed by atoms with van der Waals surface area (Å²) in [7, 11) is 1.66. The van der Waals surface area contributed by atoms with Crippen molar-refractivity contribution in [2.24, 2.45) is 0 Å². The van der Waals surface area contributed by atoms with E-state index in [1.807, 2.05) is 0 Å². The van der Waals surface area contributed by atoms with Crippen LogP contribution >= 0.6 is 12.4 Å². The molecular weight excluding hydrogens is 114 g/mol. The second-order valence-electron chi connectivity index (χ2n) is 0.697. The van der Waals surface area contributed by atoms with Crippen molar-refractivity contribution in [3.8, 4) is 12.3 Å². The number of halogens is 1. The van der Waals surface area contributed by atoms with Gasteiger partial charge < -0.3 is 0 Å². The Bertz CT molecular complexity index is 59.2. The smallest absolute Gasteiger partial charge is 0.128 e. The van der Waals surface area contributed by atoms with E-state index < -0.39 is 0 Å². The Labute approximate surface area is 49.6 Å². The molecule has 1 N–H and O–H groups in total. The Morgan fingerprint density at radius 3 is 2.57 bits per heavy atom. The average Bonchev–Trinajstić information content (AvgIpc) is 1.61. The number of nitrogens with one attached hydrogen (secondary N) is 1. The largest absolute Gasteiger partial charge is 0.289 e. The van der Waals surface area contributed by atoms with Crippen LogP contribution in [0, 0.1) is 12.3 Å². The van der Waals surface area contributed by atoms with Gasteiger partial charge in [0.1, 0.15) is 6.61 Å². The molecule has 0 atom stereocenters. The van der Waals surface area contributed by atoms with Gasteiger partial charge in [-0.15, -0.1) is 18.8 Å². The SMILES string of the molecule is C#CCONC.Cl. The van der Waals surface area contributed by atoms with Gasteiger partial charge >= 0.3 is 0 Å². The highest BCUT2D eigenvalue weighted by Crippen LogP contribution is 1.54. The lowest BCUT2D eigenvalue weighted by Gasteiger charge is -1.88. The zero-order valence-corrected chi connectivity index (χ0v) is 4.92. The van der Waals surface area contributed by atoms with Crippen LogP contribution in [-0.4, -0.2) is 13.7 Å². The highest BCUT2D eigenvalue weighted by atomic mass is 35.5. The molecule has 0 amide bonds. The summed E-state index contributed by atoms with van der Waals surface area (Å²) in [5.41, 5.74) is 2.43. The van der Waals surface area contributed by atoms with Crippen molar-refractivity contribution in [3.05, 3.63) is 0 Å². The first-order valence-electron chi connectivity index (χ1n) is 1.64. The van der Waals surface area contributed by atoms with Crippen LogP contribution < -0.4 is 5.48 Å². The maximum atomic E-state index is 4.80. The van der Waals surface area contributed by atoms with E-state index in [9.17, 15) is 0 Å². The van der Waals surface area contributed by atoms with Crippen LogP contribution in [0.5, 0.6) is 0 Å². The molecule has 0 aromatic rings. The van der Waals surface area contributed by atoms with Crippen molar-refractivity contribution in [2.45, 2.75) is 0 Å². The second kappa shape index (κ2) is 9.24. The van der Waals surface area contributed by atoms with E-state index in [1.54, 1.807) is 7.05 Å². The monoisotopic (exact) mass is 121 g/mol. The minimum Gasteiger partial charge on any atom is -0.289 e. The summed E-state index contributed by atoms with van der Waals surface area (Å²) in [4.78, 5) is 4.50. The summed E-state index contributed by atoms with van der Waals surface area (Å²) in [5.74, 6) is 2.28. The summed E-state index contributed by atoms with van der Waals surface area (Å²) in [6, 6.07) is 0. The van der Waals surface area contributed by atoms with Gasteiger partial charge in [0, 0.05) is 7.05 Å². The Hall–Kier alpha value is -0.230. The van der Waals surface area contributed by atoms with Gasteiger partial charge in [-0.3, -0.25) is 4.84 Å². The lowest BCUT2D eigenvalue weighted by Crippen LogP contribution is -2.06. The maximum absolute atomic E-state index is 4.80. The Morgan fingerprint density at radius 2 is 2.43 bits per heavy atom. The molecule has 2 nitrogen and oxygen atoms in total. The van der Waals surface area contributed by atoms with E-state index >= 15 is 0 Å². The number of hydroxylamine groups is 1. The fraction of sp³-hybridized carbons (Fsp3) is 0.500. The normalized spacial score (nSPS) is 6.29. The van der Waals surface area contributed by atoms with Crippen LogP contribution in [0.25, 0.3) is 0 Å². The van der Waals surface area contributed by atoms with Crippen LogP contribution in [0.3, 0.4) is 0 Å². The van der Waals surface area contributed by atoms with Crippen molar-refractivity contribution in [1.29, 1.82) is 0 Å². The predicted octanol–water partition coefficient (Wildman–Crippen LogP) is 0.192. The molecule has 0 saturated heterocycles. The molecule has 0 aliphatic carbocycles. The molecule has 0 heterocycles. The van der Waals surface area contributed by atoms with Crippen molar-refractivity contribution in [2.75, 3.05) is 13.7 Å². The van der Waals surface area contributed by atoms with E-state index in [2.05, 4.69) is 16.2 Å². The molecular formula is C4H8ClNO. The van der Waals surface area contributed by atoms with Gasteiger partial charge in [0.2, 0.25) is 0 Å². The molecule has 0 saturated carbocycles. The fourth-order valence-electron chi connectivity index (χ4n) is 0.114. The first kappa shape index (κ1) is 9.91. The first-order chi connectivity index (χ1) is 2.91. The van der Waals surface area contributed by atoms with E-state index in [0.29, 0.717) is 6.61 Å². The number of rotatable bonds is 2. The molecule has 0 aromatic carbocycles. The summed E-state index contributed by atoms with van der Waals surface area (Å²) in [6.07, 6.45) is 4.80. The molecule has 0 unspecified atom stereocenters. The molecule has 0 radical (unpaired) electrons. The lowest BCUT2D eigenvalue weighted by molar-refractivity contribution is 0.0852. The van der Waals surface area contributed by atoms with E-state index in [1.165, 1.54) is 0 Å². The quantitative estimate of drug-likeness (QED) is 0.320. The molecule has 0 aromatic heterocycles. The third kappa shape index (κ3) is 10.7. The topological polar surface area (TPSA) is 21.3 Å². The molecule has 0 fully saturated rings. The second-order valence-corrected chi connectivity index (χ2v) is 0.697. The molecule has 0 aliphatic heterocycles. The first-order valence-corrected chi connectivity index (χ1v) is 1.64. The number of terminal acetylenes is 1. The van der Waals surface area contributed by atoms with E-state index in [0.717, 1.165) is 0 Å². The summed E-state index contributed by atoms with van der Waals surface area (Å²) >= 11 is 0. The van der Waals surface area contributed by atoms with E-state index in [-0.39, 0.29) is 12.4 Å². The van der Waals surface area contributed by atoms with Gasteiger partial charge in [-0.25, -0.2) is 5.48 Å². The molecule has 42 valence electrons. The summed E-state index contributed by atoms with van der Waals surface area (Å²) in [5, 5.41) is 0. The molecule has 0 rings (SSSR count). The fourth-order valence-corrected chi connectivity index (χ4v) is 0.114. The summed E-state index contributed by atoms with van der Waals surface area (Å²) in [6.45, 7) is 0.330.